The van der Waals surface area contributed by atoms with Crippen LogP contribution in [0, 0.1) is 0 Å². The van der Waals surface area contributed by atoms with Gasteiger partial charge < -0.3 is 10.4 Å². The molecule has 213 valence electrons. The molecule has 1 aromatic heterocycles. The number of benzene rings is 3. The van der Waals surface area contributed by atoms with E-state index < -0.39 is 95.5 Å². The summed E-state index contributed by atoms with van der Waals surface area (Å²) in [5.74, 6) is -1.58. The quantitative estimate of drug-likeness (QED) is 0.0903. The number of hydrogen-bond acceptors (Lipinski definition) is 13. The second-order valence-electron chi connectivity index (χ2n) is 7.63. The van der Waals surface area contributed by atoms with Crippen molar-refractivity contribution in [2.24, 2.45) is 10.2 Å². The summed E-state index contributed by atoms with van der Waals surface area (Å²) in [5, 5.41) is 19.4. The van der Waals surface area contributed by atoms with Gasteiger partial charge in [-0.05, 0) is 47.3 Å². The second kappa shape index (κ2) is 15.0. The van der Waals surface area contributed by atoms with Crippen LogP contribution < -0.4 is 11.0 Å². The molecule has 0 fully saturated rings. The number of nitrogens with zero attached hydrogens (tertiary/aromatic N) is 4. The molecular formula is C19H13ClN6Na3O11S3. The van der Waals surface area contributed by atoms with Gasteiger partial charge in [-0.15, -0.1) is 10.2 Å². The van der Waals surface area contributed by atoms with Crippen LogP contribution in [-0.4, -0.2) is 148 Å². The Bertz CT molecular complexity index is 2130. The molecule has 6 N–H and O–H groups in total. The molecule has 1 heterocycles. The van der Waals surface area contributed by atoms with Gasteiger partial charge in [-0.25, -0.2) is 4.79 Å². The maximum atomic E-state index is 12.2. The number of phenols is 1. The van der Waals surface area contributed by atoms with Crippen LogP contribution in [0.3, 0.4) is 0 Å². The largest absolute Gasteiger partial charge is 0.505 e. The fraction of sp³-hybridized carbons (Fsp3) is 0. The predicted octanol–water partition coefficient (Wildman–Crippen LogP) is 1.43. The maximum Gasteiger partial charge on any atom is 0.350 e. The Balaban J connectivity index is 0.00000308. The monoisotopic (exact) mass is 701 g/mol. The van der Waals surface area contributed by atoms with Crippen LogP contribution in [0.4, 0.5) is 23.0 Å². The number of anilines is 2. The molecule has 17 nitrogen and oxygen atoms in total. The van der Waals surface area contributed by atoms with Crippen LogP contribution in [0.15, 0.2) is 72.2 Å². The zero-order valence-electron chi connectivity index (χ0n) is 22.1. The third-order valence-electron chi connectivity index (χ3n) is 4.97. The Hall–Kier alpha value is -1.05. The van der Waals surface area contributed by atoms with Crippen molar-refractivity contribution >= 4 is 164 Å². The minimum Gasteiger partial charge on any atom is -0.505 e. The first-order chi connectivity index (χ1) is 18.4. The number of aromatic nitrogens is 3. The third-order valence-corrected chi connectivity index (χ3v) is 7.75. The van der Waals surface area contributed by atoms with Gasteiger partial charge in [0.05, 0.1) is 10.6 Å². The van der Waals surface area contributed by atoms with Gasteiger partial charge in [-0.2, -0.15) is 35.2 Å². The van der Waals surface area contributed by atoms with Gasteiger partial charge in [-0.3, -0.25) is 18.6 Å². The number of nitrogens with one attached hydrogen (secondary N) is 2. The smallest absolute Gasteiger partial charge is 0.350 e. The van der Waals surface area contributed by atoms with E-state index in [2.05, 4.69) is 25.5 Å². The van der Waals surface area contributed by atoms with Crippen molar-refractivity contribution in [3.63, 3.8) is 0 Å². The van der Waals surface area contributed by atoms with E-state index in [0.29, 0.717) is 6.07 Å². The minimum atomic E-state index is -5.22. The van der Waals surface area contributed by atoms with Gasteiger partial charge >= 0.3 is 5.69 Å². The van der Waals surface area contributed by atoms with Crippen LogP contribution in [-0.2, 0) is 30.4 Å². The molecule has 0 saturated carbocycles. The van der Waals surface area contributed by atoms with Crippen molar-refractivity contribution in [2.45, 2.75) is 14.7 Å². The Kier molecular flexibility index (Phi) is 14.0. The van der Waals surface area contributed by atoms with Gasteiger partial charge in [0.25, 0.3) is 30.4 Å². The van der Waals surface area contributed by atoms with Crippen molar-refractivity contribution < 1.29 is 44.0 Å². The first-order valence-electron chi connectivity index (χ1n) is 10.1. The Morgan fingerprint density at radius 2 is 1.42 bits per heavy atom. The maximum absolute atomic E-state index is 12.2. The van der Waals surface area contributed by atoms with Gasteiger partial charge in [-0.1, -0.05) is 12.1 Å². The zero-order chi connectivity index (χ0) is 29.6. The molecule has 3 radical (unpaired) electrons. The molecule has 43 heavy (non-hydrogen) atoms. The van der Waals surface area contributed by atoms with Gasteiger partial charge in [0, 0.05) is 94.1 Å². The number of halogens is 1. The van der Waals surface area contributed by atoms with Crippen LogP contribution in [0.25, 0.3) is 10.8 Å². The molecule has 0 aliphatic carbocycles. The molecule has 0 aliphatic rings. The Morgan fingerprint density at radius 1 is 0.814 bits per heavy atom. The van der Waals surface area contributed by atoms with E-state index in [9.17, 15) is 48.8 Å². The van der Waals surface area contributed by atoms with Crippen LogP contribution in [0.5, 0.6) is 5.75 Å². The first kappa shape index (κ1) is 40.0. The van der Waals surface area contributed by atoms with Crippen LogP contribution in [0.2, 0.25) is 5.28 Å². The number of phenolic OH excluding ortho intramolecular Hbond substituents is 1. The fourth-order valence-corrected chi connectivity index (χ4v) is 5.38. The van der Waals surface area contributed by atoms with E-state index >= 15 is 0 Å². The molecule has 0 amide bonds. The van der Waals surface area contributed by atoms with Gasteiger partial charge in [0.2, 0.25) is 11.2 Å². The van der Waals surface area contributed by atoms with Gasteiger partial charge in [0.15, 0.2) is 5.75 Å². The number of hydrogen-bond donors (Lipinski definition) is 6. The predicted molar refractivity (Wildman–Crippen MR) is 154 cm³/mol. The fourth-order valence-electron chi connectivity index (χ4n) is 3.40. The van der Waals surface area contributed by atoms with E-state index in [1.54, 1.807) is 0 Å². The molecule has 0 spiro atoms. The average molecular weight is 702 g/mol. The number of aromatic amines is 1. The molecule has 24 heteroatoms. The molecule has 0 atom stereocenters. The number of rotatable bonds is 7. The molecular weight excluding hydrogens is 689 g/mol. The van der Waals surface area contributed by atoms with Gasteiger partial charge in [0.1, 0.15) is 21.2 Å². The summed E-state index contributed by atoms with van der Waals surface area (Å²) >= 11 is 5.70. The van der Waals surface area contributed by atoms with E-state index in [-0.39, 0.29) is 88.7 Å². The van der Waals surface area contributed by atoms with Crippen molar-refractivity contribution in [3.05, 3.63) is 58.2 Å². The molecule has 0 aliphatic heterocycles. The molecule has 3 aromatic carbocycles. The Labute approximate surface area is 313 Å². The first-order valence-corrected chi connectivity index (χ1v) is 14.8. The normalized spacial score (nSPS) is 11.8. The molecule has 0 saturated heterocycles. The summed E-state index contributed by atoms with van der Waals surface area (Å²) in [6.45, 7) is 0. The SMILES string of the molecule is O=c1nc(Nc2cc(S(=O)(=O)O)cc3cc(S(=O)(=O)O)c(N=Nc4ccccc4S(=O)(=O)O)c(O)c23)nc(Cl)[nH]1.[Na].[Na].[Na]. The summed E-state index contributed by atoms with van der Waals surface area (Å²) in [4.78, 5) is 18.2. The van der Waals surface area contributed by atoms with Crippen molar-refractivity contribution in [1.29, 1.82) is 0 Å². The minimum absolute atomic E-state index is 0. The third kappa shape index (κ3) is 9.48. The number of azo groups is 1. The zero-order valence-corrected chi connectivity index (χ0v) is 31.3. The van der Waals surface area contributed by atoms with Crippen molar-refractivity contribution in [3.8, 4) is 5.75 Å². The molecule has 4 aromatic rings. The van der Waals surface area contributed by atoms with E-state index in [4.69, 9.17) is 11.6 Å². The summed E-state index contributed by atoms with van der Waals surface area (Å²) in [5.41, 5.74) is -2.85. The second-order valence-corrected chi connectivity index (χ2v) is 12.2. The molecule has 0 bridgehead atoms. The van der Waals surface area contributed by atoms with E-state index in [0.717, 1.165) is 24.3 Å². The van der Waals surface area contributed by atoms with E-state index in [1.807, 2.05) is 4.98 Å². The summed E-state index contributed by atoms with van der Waals surface area (Å²) in [6.07, 6.45) is 0. The molecule has 0 unspecified atom stereocenters. The summed E-state index contributed by atoms with van der Waals surface area (Å²) in [7, 11) is -15.0. The Morgan fingerprint density at radius 3 is 1.98 bits per heavy atom. The van der Waals surface area contributed by atoms with Crippen LogP contribution in [0.1, 0.15) is 0 Å². The molecule has 4 rings (SSSR count). The van der Waals surface area contributed by atoms with Crippen molar-refractivity contribution in [1.82, 2.24) is 15.0 Å². The summed E-state index contributed by atoms with van der Waals surface area (Å²) < 4.78 is 100. The number of aromatic hydroxyl groups is 1. The summed E-state index contributed by atoms with van der Waals surface area (Å²) in [6, 6.07) is 6.75. The standard InChI is InChI=1S/C19H13ClN6O11S3.3Na/c20-17-22-18(24-19(28)23-17)21-11-7-9(38(29,30)31)5-8-6-13(40(35,36)37)15(16(27)14(8)11)26-25-10-3-1-2-4-12(10)39(32,33)34;;;/h1-7,27H,(H,29,30,31)(H,32,33,34)(H,35,36,37)(H2,21,22,23,24,28);;;. The number of H-pyrrole nitrogens is 1. The topological polar surface area (TPSA) is 279 Å². The average Bonchev–Trinajstić information content (AvgIpc) is 2.80. The van der Waals surface area contributed by atoms with Crippen molar-refractivity contribution in [2.75, 3.05) is 5.32 Å². The van der Waals surface area contributed by atoms with E-state index in [1.165, 1.54) is 12.1 Å². The number of fused-ring (bicyclic) bond motifs is 1. The van der Waals surface area contributed by atoms with Crippen LogP contribution >= 0.6 is 11.6 Å².